The Morgan fingerprint density at radius 1 is 1.25 bits per heavy atom. The van der Waals surface area contributed by atoms with Gasteiger partial charge in [-0.3, -0.25) is 9.55 Å². The molecular formula is C9H6Cl2NO3P. The summed E-state index contributed by atoms with van der Waals surface area (Å²) in [5.74, 6) is 0.349. The molecule has 0 spiro atoms. The molecule has 0 N–H and O–H groups in total. The Morgan fingerprint density at radius 3 is 2.81 bits per heavy atom. The summed E-state index contributed by atoms with van der Waals surface area (Å²) < 4.78 is 15.2. The van der Waals surface area contributed by atoms with Crippen molar-refractivity contribution >= 4 is 39.5 Å². The van der Waals surface area contributed by atoms with Crippen molar-refractivity contribution in [2.45, 2.75) is 0 Å². The minimum absolute atomic E-state index is 0.349. The third-order valence-electron chi connectivity index (χ3n) is 1.79. The Morgan fingerprint density at radius 2 is 2.06 bits per heavy atom. The molecule has 0 aliphatic carbocycles. The number of benzene rings is 1. The smallest absolute Gasteiger partial charge is 0.329 e. The first-order chi connectivity index (χ1) is 7.54. The molecule has 4 nitrogen and oxygen atoms in total. The molecule has 0 radical (unpaired) electrons. The maximum absolute atomic E-state index is 10.8. The average molecular weight is 278 g/mol. The van der Waals surface area contributed by atoms with Crippen molar-refractivity contribution in [1.82, 2.24) is 4.98 Å². The fourth-order valence-corrected chi connectivity index (χ4v) is 1.53. The van der Waals surface area contributed by atoms with E-state index in [-0.39, 0.29) is 0 Å². The van der Waals surface area contributed by atoms with Gasteiger partial charge in [0.1, 0.15) is 0 Å². The monoisotopic (exact) mass is 277 g/mol. The van der Waals surface area contributed by atoms with Crippen LogP contribution in [0.3, 0.4) is 0 Å². The molecule has 1 aromatic heterocycles. The lowest BCUT2D eigenvalue weighted by atomic mass is 10.2. The number of halogens is 2. The second-order valence-corrected chi connectivity index (χ2v) is 7.10. The summed E-state index contributed by atoms with van der Waals surface area (Å²) in [6, 6.07) is 8.67. The Kier molecular flexibility index (Phi) is 3.36. The molecule has 84 valence electrons. The number of pyridine rings is 1. The second-order valence-electron chi connectivity index (χ2n) is 2.93. The first-order valence-corrected chi connectivity index (χ1v) is 7.68. The number of hydrogen-bond acceptors (Lipinski definition) is 4. The highest BCUT2D eigenvalue weighted by molar-refractivity contribution is 8.05. The first-order valence-electron chi connectivity index (χ1n) is 4.25. The molecule has 1 aromatic carbocycles. The first kappa shape index (κ1) is 11.7. The van der Waals surface area contributed by atoms with Crippen LogP contribution in [0.4, 0.5) is 0 Å². The minimum Gasteiger partial charge on any atom is -0.329 e. The maximum atomic E-state index is 10.8. The van der Waals surface area contributed by atoms with E-state index in [4.69, 9.17) is 27.4 Å². The van der Waals surface area contributed by atoms with Crippen LogP contribution in [-0.4, -0.2) is 4.98 Å². The van der Waals surface area contributed by atoms with Crippen LogP contribution >= 0.6 is 28.6 Å². The standard InChI is InChI=1S/C9H6Cl2NO3P/c10-16(11,13)15-14-8-3-4-9-7(6-8)2-1-5-12-9/h1-6H. The molecule has 0 amide bonds. The van der Waals surface area contributed by atoms with E-state index < -0.39 is 6.07 Å². The van der Waals surface area contributed by atoms with Crippen molar-refractivity contribution < 1.29 is 14.1 Å². The van der Waals surface area contributed by atoms with Crippen LogP contribution in [0.1, 0.15) is 0 Å². The SMILES string of the molecule is O=P(Cl)(Cl)OOc1ccc2ncccc2c1. The van der Waals surface area contributed by atoms with E-state index in [2.05, 4.69) is 9.66 Å². The minimum atomic E-state index is -3.68. The van der Waals surface area contributed by atoms with E-state index >= 15 is 0 Å². The van der Waals surface area contributed by atoms with Crippen LogP contribution in [-0.2, 0) is 9.24 Å². The normalized spacial score (nSPS) is 11.6. The Bertz CT molecular complexity index is 557. The van der Waals surface area contributed by atoms with Crippen molar-refractivity contribution in [1.29, 1.82) is 0 Å². The van der Waals surface area contributed by atoms with Gasteiger partial charge in [0.25, 0.3) is 0 Å². The molecular weight excluding hydrogens is 272 g/mol. The van der Waals surface area contributed by atoms with Gasteiger partial charge in [-0.05, 0) is 46.7 Å². The molecule has 0 fully saturated rings. The Hall–Kier alpha value is -0.800. The van der Waals surface area contributed by atoms with Crippen LogP contribution in [0.15, 0.2) is 36.5 Å². The van der Waals surface area contributed by atoms with E-state index in [0.717, 1.165) is 10.9 Å². The molecule has 2 rings (SSSR count). The zero-order valence-electron chi connectivity index (χ0n) is 7.84. The number of rotatable bonds is 3. The molecule has 0 aliphatic rings. The molecule has 0 unspecified atom stereocenters. The summed E-state index contributed by atoms with van der Waals surface area (Å²) in [7, 11) is 0. The molecule has 2 aromatic rings. The van der Waals surface area contributed by atoms with Gasteiger partial charge < -0.3 is 4.89 Å². The molecule has 7 heteroatoms. The van der Waals surface area contributed by atoms with Gasteiger partial charge in [-0.15, -0.1) is 0 Å². The summed E-state index contributed by atoms with van der Waals surface area (Å²) in [5, 5.41) is 0.863. The number of aromatic nitrogens is 1. The summed E-state index contributed by atoms with van der Waals surface area (Å²) in [4.78, 5) is 8.85. The van der Waals surface area contributed by atoms with Crippen molar-refractivity contribution in [3.05, 3.63) is 36.5 Å². The number of hydrogen-bond donors (Lipinski definition) is 0. The molecule has 16 heavy (non-hydrogen) atoms. The number of nitrogens with zero attached hydrogens (tertiary/aromatic N) is 1. The van der Waals surface area contributed by atoms with Crippen LogP contribution < -0.4 is 4.89 Å². The molecule has 0 atom stereocenters. The fourth-order valence-electron chi connectivity index (χ4n) is 1.19. The predicted molar refractivity (Wildman–Crippen MR) is 62.8 cm³/mol. The highest BCUT2D eigenvalue weighted by Crippen LogP contribution is 2.57. The van der Waals surface area contributed by atoms with Crippen molar-refractivity contribution in [3.63, 3.8) is 0 Å². The van der Waals surface area contributed by atoms with Gasteiger partial charge >= 0.3 is 6.07 Å². The summed E-state index contributed by atoms with van der Waals surface area (Å²) in [5.41, 5.74) is 0.815. The molecule has 0 bridgehead atoms. The van der Waals surface area contributed by atoms with Gasteiger partial charge in [-0.2, -0.15) is 0 Å². The fraction of sp³-hybridized carbons (Fsp3) is 0. The Balaban J connectivity index is 2.23. The van der Waals surface area contributed by atoms with Gasteiger partial charge in [-0.1, -0.05) is 10.7 Å². The van der Waals surface area contributed by atoms with Crippen LogP contribution in [0.2, 0.25) is 0 Å². The van der Waals surface area contributed by atoms with Crippen LogP contribution in [0.5, 0.6) is 5.75 Å². The van der Waals surface area contributed by atoms with Crippen molar-refractivity contribution in [2.75, 3.05) is 0 Å². The highest BCUT2D eigenvalue weighted by Gasteiger charge is 2.16. The zero-order chi connectivity index (χ0) is 11.6. The molecule has 0 saturated heterocycles. The quantitative estimate of drug-likeness (QED) is 0.481. The largest absolute Gasteiger partial charge is 0.417 e. The van der Waals surface area contributed by atoms with Gasteiger partial charge in [0.05, 0.1) is 5.52 Å². The maximum Gasteiger partial charge on any atom is 0.417 e. The lowest BCUT2D eigenvalue weighted by Crippen LogP contribution is -1.89. The summed E-state index contributed by atoms with van der Waals surface area (Å²) >= 11 is 10.3. The second kappa shape index (κ2) is 4.60. The Labute approximate surface area is 101 Å². The zero-order valence-corrected chi connectivity index (χ0v) is 10.2. The van der Waals surface area contributed by atoms with Crippen LogP contribution in [0, 0.1) is 0 Å². The predicted octanol–water partition coefficient (Wildman–Crippen LogP) is 4.13. The van der Waals surface area contributed by atoms with Gasteiger partial charge in [0.15, 0.2) is 5.75 Å². The lowest BCUT2D eigenvalue weighted by molar-refractivity contribution is -0.0905. The van der Waals surface area contributed by atoms with E-state index in [1.165, 1.54) is 0 Å². The molecule has 0 saturated carbocycles. The average Bonchev–Trinajstić information content (AvgIpc) is 2.25. The van der Waals surface area contributed by atoms with Gasteiger partial charge in [0.2, 0.25) is 0 Å². The number of fused-ring (bicyclic) bond motifs is 1. The topological polar surface area (TPSA) is 48.4 Å². The summed E-state index contributed by atoms with van der Waals surface area (Å²) in [6.45, 7) is 0. The summed E-state index contributed by atoms with van der Waals surface area (Å²) in [6.07, 6.45) is -2.00. The van der Waals surface area contributed by atoms with Crippen molar-refractivity contribution in [2.24, 2.45) is 0 Å². The van der Waals surface area contributed by atoms with Gasteiger partial charge in [-0.25, -0.2) is 0 Å². The third kappa shape index (κ3) is 3.09. The molecule has 0 aliphatic heterocycles. The molecule has 1 heterocycles. The van der Waals surface area contributed by atoms with E-state index in [0.29, 0.717) is 5.75 Å². The van der Waals surface area contributed by atoms with E-state index in [1.807, 2.05) is 6.07 Å². The third-order valence-corrected chi connectivity index (χ3v) is 2.38. The lowest BCUT2D eigenvalue weighted by Gasteiger charge is -2.05. The van der Waals surface area contributed by atoms with E-state index in [1.54, 1.807) is 30.5 Å². The van der Waals surface area contributed by atoms with Crippen LogP contribution in [0.25, 0.3) is 10.9 Å². The highest BCUT2D eigenvalue weighted by atomic mass is 35.9. The van der Waals surface area contributed by atoms with Crippen molar-refractivity contribution in [3.8, 4) is 5.75 Å². The van der Waals surface area contributed by atoms with E-state index in [9.17, 15) is 4.57 Å². The van der Waals surface area contributed by atoms with Gasteiger partial charge in [0, 0.05) is 11.6 Å².